The molecular formula is C15H21N5O. The van der Waals surface area contributed by atoms with Gasteiger partial charge in [0.25, 0.3) is 0 Å². The van der Waals surface area contributed by atoms with Crippen LogP contribution in [0.2, 0.25) is 0 Å². The van der Waals surface area contributed by atoms with Crippen LogP contribution in [0.15, 0.2) is 12.4 Å². The van der Waals surface area contributed by atoms with Gasteiger partial charge in [0.05, 0.1) is 18.2 Å². The number of hydrogen-bond donors (Lipinski definition) is 2. The SMILES string of the molecule is Cc1n[nH]c(C)c1CC(=O)N[C@H](c1nccn1C)C1CC1. The molecule has 1 amide bonds. The summed E-state index contributed by atoms with van der Waals surface area (Å²) < 4.78 is 1.98. The van der Waals surface area contributed by atoms with Crippen molar-refractivity contribution in [3.05, 3.63) is 35.2 Å². The highest BCUT2D eigenvalue weighted by molar-refractivity contribution is 5.79. The molecule has 0 unspecified atom stereocenters. The van der Waals surface area contributed by atoms with Crippen LogP contribution in [-0.4, -0.2) is 25.7 Å². The van der Waals surface area contributed by atoms with Crippen LogP contribution in [0.5, 0.6) is 0 Å². The van der Waals surface area contributed by atoms with E-state index in [1.54, 1.807) is 6.20 Å². The van der Waals surface area contributed by atoms with Crippen molar-refractivity contribution >= 4 is 5.91 Å². The van der Waals surface area contributed by atoms with Crippen molar-refractivity contribution in [2.24, 2.45) is 13.0 Å². The molecule has 0 saturated heterocycles. The number of hydrogen-bond acceptors (Lipinski definition) is 3. The normalized spacial score (nSPS) is 16.0. The standard InChI is InChI=1S/C15H21N5O/c1-9-12(10(2)19-18-9)8-13(21)17-14(11-4-5-11)15-16-6-7-20(15)3/h6-7,11,14H,4-5,8H2,1-3H3,(H,17,21)(H,18,19)/t14-/m0/s1. The van der Waals surface area contributed by atoms with Crippen molar-refractivity contribution in [3.63, 3.8) is 0 Å². The lowest BCUT2D eigenvalue weighted by Gasteiger charge is -2.18. The van der Waals surface area contributed by atoms with Gasteiger partial charge in [-0.1, -0.05) is 0 Å². The van der Waals surface area contributed by atoms with Crippen LogP contribution < -0.4 is 5.32 Å². The lowest BCUT2D eigenvalue weighted by molar-refractivity contribution is -0.121. The van der Waals surface area contributed by atoms with Crippen LogP contribution in [0.25, 0.3) is 0 Å². The van der Waals surface area contributed by atoms with E-state index in [9.17, 15) is 4.79 Å². The minimum Gasteiger partial charge on any atom is -0.346 e. The van der Waals surface area contributed by atoms with Gasteiger partial charge >= 0.3 is 0 Å². The van der Waals surface area contributed by atoms with Gasteiger partial charge in [0.2, 0.25) is 5.91 Å². The summed E-state index contributed by atoms with van der Waals surface area (Å²) in [5.41, 5.74) is 2.84. The number of amides is 1. The Kier molecular flexibility index (Phi) is 3.53. The molecule has 21 heavy (non-hydrogen) atoms. The van der Waals surface area contributed by atoms with E-state index in [2.05, 4.69) is 20.5 Å². The fraction of sp³-hybridized carbons (Fsp3) is 0.533. The predicted octanol–water partition coefficient (Wildman–Crippen LogP) is 1.57. The smallest absolute Gasteiger partial charge is 0.225 e. The molecule has 1 atom stereocenters. The Bertz CT molecular complexity index is 633. The van der Waals surface area contributed by atoms with Gasteiger partial charge in [-0.25, -0.2) is 4.98 Å². The van der Waals surface area contributed by atoms with Crippen LogP contribution in [0.3, 0.4) is 0 Å². The number of rotatable bonds is 5. The highest BCUT2D eigenvalue weighted by atomic mass is 16.1. The summed E-state index contributed by atoms with van der Waals surface area (Å²) >= 11 is 0. The Hall–Kier alpha value is -2.11. The molecule has 2 heterocycles. The fourth-order valence-electron chi connectivity index (χ4n) is 2.72. The van der Waals surface area contributed by atoms with Crippen LogP contribution in [0.1, 0.15) is 41.7 Å². The van der Waals surface area contributed by atoms with Gasteiger partial charge in [-0.05, 0) is 32.6 Å². The van der Waals surface area contributed by atoms with Gasteiger partial charge in [-0.15, -0.1) is 0 Å². The van der Waals surface area contributed by atoms with Crippen molar-refractivity contribution < 1.29 is 4.79 Å². The quantitative estimate of drug-likeness (QED) is 0.876. The highest BCUT2D eigenvalue weighted by Crippen LogP contribution is 2.40. The molecule has 2 aromatic heterocycles. The second-order valence-electron chi connectivity index (χ2n) is 5.87. The molecule has 1 saturated carbocycles. The Balaban J connectivity index is 1.72. The van der Waals surface area contributed by atoms with Gasteiger partial charge in [-0.2, -0.15) is 5.10 Å². The molecule has 0 spiro atoms. The number of imidazole rings is 1. The highest BCUT2D eigenvalue weighted by Gasteiger charge is 2.35. The first-order chi connectivity index (χ1) is 10.1. The predicted molar refractivity (Wildman–Crippen MR) is 78.6 cm³/mol. The summed E-state index contributed by atoms with van der Waals surface area (Å²) in [6.07, 6.45) is 6.37. The van der Waals surface area contributed by atoms with E-state index in [0.717, 1.165) is 35.6 Å². The Morgan fingerprint density at radius 3 is 2.81 bits per heavy atom. The first-order valence-corrected chi connectivity index (χ1v) is 7.33. The summed E-state index contributed by atoms with van der Waals surface area (Å²) in [6, 6.07) is 0.0185. The van der Waals surface area contributed by atoms with Crippen molar-refractivity contribution in [1.82, 2.24) is 25.1 Å². The van der Waals surface area contributed by atoms with Crippen molar-refractivity contribution in [2.45, 2.75) is 39.2 Å². The molecule has 112 valence electrons. The Morgan fingerprint density at radius 2 is 2.29 bits per heavy atom. The number of nitrogens with one attached hydrogen (secondary N) is 2. The maximum atomic E-state index is 12.4. The molecule has 1 aliphatic rings. The number of aryl methyl sites for hydroxylation is 3. The number of carbonyl (C=O) groups is 1. The van der Waals surface area contributed by atoms with Crippen LogP contribution in [0.4, 0.5) is 0 Å². The van der Waals surface area contributed by atoms with Gasteiger partial charge < -0.3 is 9.88 Å². The molecule has 0 aromatic carbocycles. The second kappa shape index (κ2) is 5.35. The summed E-state index contributed by atoms with van der Waals surface area (Å²) in [4.78, 5) is 16.8. The molecule has 2 N–H and O–H groups in total. The molecule has 0 bridgehead atoms. The number of aromatic nitrogens is 4. The second-order valence-corrected chi connectivity index (χ2v) is 5.87. The van der Waals surface area contributed by atoms with Crippen molar-refractivity contribution in [3.8, 4) is 0 Å². The summed E-state index contributed by atoms with van der Waals surface area (Å²) in [5.74, 6) is 1.48. The summed E-state index contributed by atoms with van der Waals surface area (Å²) in [5, 5.41) is 10.2. The van der Waals surface area contributed by atoms with Crippen LogP contribution >= 0.6 is 0 Å². The molecule has 2 aromatic rings. The molecule has 0 aliphatic heterocycles. The first kappa shape index (κ1) is 13.9. The molecule has 6 nitrogen and oxygen atoms in total. The minimum absolute atomic E-state index is 0.0185. The van der Waals surface area contributed by atoms with E-state index in [1.807, 2.05) is 31.7 Å². The van der Waals surface area contributed by atoms with E-state index in [0.29, 0.717) is 12.3 Å². The number of carbonyl (C=O) groups excluding carboxylic acids is 1. The van der Waals surface area contributed by atoms with Crippen LogP contribution in [-0.2, 0) is 18.3 Å². The molecule has 1 fully saturated rings. The molecule has 6 heteroatoms. The zero-order chi connectivity index (χ0) is 15.0. The maximum Gasteiger partial charge on any atom is 0.225 e. The van der Waals surface area contributed by atoms with E-state index in [1.165, 1.54) is 0 Å². The monoisotopic (exact) mass is 287 g/mol. The fourth-order valence-corrected chi connectivity index (χ4v) is 2.72. The lowest BCUT2D eigenvalue weighted by atomic mass is 10.1. The zero-order valence-electron chi connectivity index (χ0n) is 12.7. The Morgan fingerprint density at radius 1 is 1.52 bits per heavy atom. The van der Waals surface area contributed by atoms with Gasteiger partial charge in [-0.3, -0.25) is 9.89 Å². The van der Waals surface area contributed by atoms with E-state index in [4.69, 9.17) is 0 Å². The third kappa shape index (κ3) is 2.84. The lowest BCUT2D eigenvalue weighted by Crippen LogP contribution is -2.33. The van der Waals surface area contributed by atoms with E-state index < -0.39 is 0 Å². The average Bonchev–Trinajstić information content (AvgIpc) is 3.14. The maximum absolute atomic E-state index is 12.4. The van der Waals surface area contributed by atoms with Gasteiger partial charge in [0.15, 0.2) is 0 Å². The van der Waals surface area contributed by atoms with Crippen LogP contribution in [0, 0.1) is 19.8 Å². The Labute approximate surface area is 124 Å². The molecule has 0 radical (unpaired) electrons. The third-order valence-electron chi connectivity index (χ3n) is 4.16. The largest absolute Gasteiger partial charge is 0.346 e. The average molecular weight is 287 g/mol. The molecular weight excluding hydrogens is 266 g/mol. The van der Waals surface area contributed by atoms with E-state index >= 15 is 0 Å². The van der Waals surface area contributed by atoms with Gasteiger partial charge in [0.1, 0.15) is 5.82 Å². The minimum atomic E-state index is 0.0185. The topological polar surface area (TPSA) is 75.6 Å². The van der Waals surface area contributed by atoms with Crippen molar-refractivity contribution in [2.75, 3.05) is 0 Å². The first-order valence-electron chi connectivity index (χ1n) is 7.33. The number of nitrogens with zero attached hydrogens (tertiary/aromatic N) is 3. The number of aromatic amines is 1. The van der Waals surface area contributed by atoms with E-state index in [-0.39, 0.29) is 11.9 Å². The third-order valence-corrected chi connectivity index (χ3v) is 4.16. The molecule has 1 aliphatic carbocycles. The van der Waals surface area contributed by atoms with Gasteiger partial charge in [0, 0.05) is 30.7 Å². The number of H-pyrrole nitrogens is 1. The van der Waals surface area contributed by atoms with Crippen molar-refractivity contribution in [1.29, 1.82) is 0 Å². The summed E-state index contributed by atoms with van der Waals surface area (Å²) in [6.45, 7) is 3.86. The zero-order valence-corrected chi connectivity index (χ0v) is 12.7. The molecule has 3 rings (SSSR count). The summed E-state index contributed by atoms with van der Waals surface area (Å²) in [7, 11) is 1.97.